The number of hydrogen-bond acceptors (Lipinski definition) is 1. The van der Waals surface area contributed by atoms with Gasteiger partial charge >= 0.3 is 0 Å². The summed E-state index contributed by atoms with van der Waals surface area (Å²) in [4.78, 5) is 4.58. The molecule has 3 rings (SSSR count). The van der Waals surface area contributed by atoms with E-state index in [1.807, 2.05) is 6.20 Å². The molecule has 84 valence electrons. The van der Waals surface area contributed by atoms with E-state index in [-0.39, 0.29) is 0 Å². The first-order chi connectivity index (χ1) is 8.31. The molecule has 0 saturated heterocycles. The van der Waals surface area contributed by atoms with E-state index in [2.05, 4.69) is 55.2 Å². The Morgan fingerprint density at radius 2 is 2.00 bits per heavy atom. The third-order valence-electron chi connectivity index (χ3n) is 3.48. The molecule has 0 saturated carbocycles. The maximum atomic E-state index is 4.58. The van der Waals surface area contributed by atoms with Crippen LogP contribution in [0.5, 0.6) is 0 Å². The summed E-state index contributed by atoms with van der Waals surface area (Å²) in [6.45, 7) is 4.28. The fraction of sp³-hybridized carbons (Fsp3) is 0.188. The van der Waals surface area contributed by atoms with Gasteiger partial charge in [-0.2, -0.15) is 0 Å². The predicted octanol–water partition coefficient (Wildman–Crippen LogP) is 4.02. The Kier molecular flexibility index (Phi) is 2.32. The second-order valence-corrected chi connectivity index (χ2v) is 4.50. The summed E-state index contributed by atoms with van der Waals surface area (Å²) >= 11 is 0. The van der Waals surface area contributed by atoms with Crippen LogP contribution in [-0.2, 0) is 6.42 Å². The third-order valence-corrected chi connectivity index (χ3v) is 3.48. The number of rotatable bonds is 0. The minimum absolute atomic E-state index is 1.02. The molecule has 1 nitrogen and oxygen atoms in total. The Balaban J connectivity index is 2.37. The van der Waals surface area contributed by atoms with Gasteiger partial charge in [0.05, 0.1) is 5.69 Å². The first-order valence-electron chi connectivity index (χ1n) is 6.00. The molecule has 0 bridgehead atoms. The van der Waals surface area contributed by atoms with Crippen molar-refractivity contribution in [3.05, 3.63) is 59.3 Å². The van der Waals surface area contributed by atoms with E-state index >= 15 is 0 Å². The van der Waals surface area contributed by atoms with Crippen LogP contribution in [0, 0.1) is 6.92 Å². The fourth-order valence-electron chi connectivity index (χ4n) is 2.61. The highest BCUT2D eigenvalue weighted by atomic mass is 14.7. The lowest BCUT2D eigenvalue weighted by molar-refractivity contribution is 1.16. The van der Waals surface area contributed by atoms with Crippen LogP contribution >= 0.6 is 0 Å². The molecule has 1 aliphatic carbocycles. The van der Waals surface area contributed by atoms with Crippen LogP contribution in [0.3, 0.4) is 0 Å². The minimum Gasteiger partial charge on any atom is -0.256 e. The standard InChI is InChI=1S/C16H15N/c1-3-12-10-13-6-4-5-7-14(13)16-15(12)11(2)8-9-17-16/h3-9H,10H2,1-2H3/b12-3-. The molecule has 0 aliphatic heterocycles. The molecule has 17 heavy (non-hydrogen) atoms. The van der Waals surface area contributed by atoms with Crippen molar-refractivity contribution >= 4 is 5.57 Å². The van der Waals surface area contributed by atoms with Crippen molar-refractivity contribution in [3.8, 4) is 11.3 Å². The van der Waals surface area contributed by atoms with Gasteiger partial charge in [0.15, 0.2) is 0 Å². The molecule has 1 heterocycles. The summed E-state index contributed by atoms with van der Waals surface area (Å²) in [6.07, 6.45) is 5.14. The Morgan fingerprint density at radius 3 is 2.82 bits per heavy atom. The van der Waals surface area contributed by atoms with Gasteiger partial charge in [-0.15, -0.1) is 0 Å². The quantitative estimate of drug-likeness (QED) is 0.655. The zero-order chi connectivity index (χ0) is 11.8. The molecule has 1 aliphatic rings. The number of hydrogen-bond donors (Lipinski definition) is 0. The normalized spacial score (nSPS) is 15.5. The first kappa shape index (κ1) is 10.3. The molecular weight excluding hydrogens is 206 g/mol. The minimum atomic E-state index is 1.02. The van der Waals surface area contributed by atoms with E-state index in [4.69, 9.17) is 0 Å². The Hall–Kier alpha value is -1.89. The average molecular weight is 221 g/mol. The van der Waals surface area contributed by atoms with Gasteiger partial charge in [0.25, 0.3) is 0 Å². The summed E-state index contributed by atoms with van der Waals surface area (Å²) in [5.41, 5.74) is 7.85. The lowest BCUT2D eigenvalue weighted by Crippen LogP contribution is -2.06. The van der Waals surface area contributed by atoms with Gasteiger partial charge in [0, 0.05) is 17.3 Å². The maximum absolute atomic E-state index is 4.58. The lowest BCUT2D eigenvalue weighted by atomic mass is 9.83. The number of benzene rings is 1. The number of pyridine rings is 1. The number of aromatic nitrogens is 1. The number of nitrogens with zero attached hydrogens (tertiary/aromatic N) is 1. The average Bonchev–Trinajstić information content (AvgIpc) is 2.38. The number of aryl methyl sites for hydroxylation is 1. The highest BCUT2D eigenvalue weighted by Gasteiger charge is 2.21. The lowest BCUT2D eigenvalue weighted by Gasteiger charge is -2.22. The van der Waals surface area contributed by atoms with Crippen molar-refractivity contribution in [1.82, 2.24) is 4.98 Å². The molecule has 0 fully saturated rings. The van der Waals surface area contributed by atoms with E-state index in [0.29, 0.717) is 0 Å². The van der Waals surface area contributed by atoms with Crippen molar-refractivity contribution in [1.29, 1.82) is 0 Å². The third kappa shape index (κ3) is 1.50. The summed E-state index contributed by atoms with van der Waals surface area (Å²) in [6, 6.07) is 10.7. The Labute approximate surface area is 102 Å². The van der Waals surface area contributed by atoms with Crippen molar-refractivity contribution in [3.63, 3.8) is 0 Å². The second-order valence-electron chi connectivity index (χ2n) is 4.50. The smallest absolute Gasteiger partial charge is 0.0782 e. The monoisotopic (exact) mass is 221 g/mol. The number of fused-ring (bicyclic) bond motifs is 3. The molecule has 1 aromatic carbocycles. The van der Waals surface area contributed by atoms with E-state index in [1.54, 1.807) is 0 Å². The van der Waals surface area contributed by atoms with Crippen molar-refractivity contribution < 1.29 is 0 Å². The molecule has 2 aromatic rings. The van der Waals surface area contributed by atoms with Crippen LogP contribution in [0.1, 0.15) is 23.6 Å². The Bertz CT molecular complexity index is 609. The van der Waals surface area contributed by atoms with Gasteiger partial charge in [0.2, 0.25) is 0 Å². The molecule has 0 atom stereocenters. The van der Waals surface area contributed by atoms with Crippen LogP contribution < -0.4 is 0 Å². The molecule has 0 unspecified atom stereocenters. The van der Waals surface area contributed by atoms with Crippen LogP contribution in [0.15, 0.2) is 42.6 Å². The highest BCUT2D eigenvalue weighted by Crippen LogP contribution is 2.38. The zero-order valence-corrected chi connectivity index (χ0v) is 10.2. The van der Waals surface area contributed by atoms with Gasteiger partial charge in [-0.25, -0.2) is 0 Å². The van der Waals surface area contributed by atoms with Crippen LogP contribution in [0.4, 0.5) is 0 Å². The van der Waals surface area contributed by atoms with Gasteiger partial charge in [-0.1, -0.05) is 30.3 Å². The van der Waals surface area contributed by atoms with E-state index in [1.165, 1.54) is 27.8 Å². The predicted molar refractivity (Wildman–Crippen MR) is 71.8 cm³/mol. The Morgan fingerprint density at radius 1 is 1.18 bits per heavy atom. The molecule has 0 N–H and O–H groups in total. The van der Waals surface area contributed by atoms with E-state index in [0.717, 1.165) is 12.1 Å². The highest BCUT2D eigenvalue weighted by molar-refractivity contribution is 5.87. The van der Waals surface area contributed by atoms with Crippen molar-refractivity contribution in [2.45, 2.75) is 20.3 Å². The topological polar surface area (TPSA) is 12.9 Å². The SMILES string of the molecule is C/C=C1/Cc2ccccc2-c2nccc(C)c21. The van der Waals surface area contributed by atoms with Crippen molar-refractivity contribution in [2.75, 3.05) is 0 Å². The molecule has 0 radical (unpaired) electrons. The molecule has 1 aromatic heterocycles. The van der Waals surface area contributed by atoms with E-state index < -0.39 is 0 Å². The van der Waals surface area contributed by atoms with Crippen LogP contribution in [0.25, 0.3) is 16.8 Å². The maximum Gasteiger partial charge on any atom is 0.0782 e. The summed E-state index contributed by atoms with van der Waals surface area (Å²) in [7, 11) is 0. The van der Waals surface area contributed by atoms with E-state index in [9.17, 15) is 0 Å². The summed E-state index contributed by atoms with van der Waals surface area (Å²) < 4.78 is 0. The molecule has 1 heteroatoms. The first-order valence-corrected chi connectivity index (χ1v) is 6.00. The van der Waals surface area contributed by atoms with Crippen molar-refractivity contribution in [2.24, 2.45) is 0 Å². The second kappa shape index (κ2) is 3.85. The molecular formula is C16H15N. The zero-order valence-electron chi connectivity index (χ0n) is 10.2. The van der Waals surface area contributed by atoms with Gasteiger partial charge in [0.1, 0.15) is 0 Å². The van der Waals surface area contributed by atoms with Crippen LogP contribution in [0.2, 0.25) is 0 Å². The molecule has 0 spiro atoms. The number of allylic oxidation sites excluding steroid dienone is 2. The molecule has 0 amide bonds. The van der Waals surface area contributed by atoms with Crippen LogP contribution in [-0.4, -0.2) is 4.98 Å². The summed E-state index contributed by atoms with van der Waals surface area (Å²) in [5.74, 6) is 0. The van der Waals surface area contributed by atoms with Gasteiger partial charge in [-0.3, -0.25) is 4.98 Å². The summed E-state index contributed by atoms with van der Waals surface area (Å²) in [5, 5.41) is 0. The largest absolute Gasteiger partial charge is 0.256 e. The fourth-order valence-corrected chi connectivity index (χ4v) is 2.61. The van der Waals surface area contributed by atoms with Gasteiger partial charge in [-0.05, 0) is 43.0 Å². The van der Waals surface area contributed by atoms with Gasteiger partial charge < -0.3 is 0 Å².